The lowest BCUT2D eigenvalue weighted by atomic mass is 10.00. The summed E-state index contributed by atoms with van der Waals surface area (Å²) < 4.78 is 20.8. The highest BCUT2D eigenvalue weighted by molar-refractivity contribution is 6.12. The van der Waals surface area contributed by atoms with Gasteiger partial charge in [-0.2, -0.15) is 0 Å². The molecule has 0 saturated carbocycles. The van der Waals surface area contributed by atoms with E-state index in [9.17, 15) is 9.50 Å². The van der Waals surface area contributed by atoms with Crippen LogP contribution in [0.5, 0.6) is 11.6 Å². The first kappa shape index (κ1) is 16.2. The minimum absolute atomic E-state index is 0.104. The molecule has 6 heteroatoms. The number of aryl methyl sites for hydroxylation is 1. The third kappa shape index (κ3) is 2.34. The Morgan fingerprint density at radius 1 is 1.27 bits per heavy atom. The molecule has 2 aromatic carbocycles. The average molecular weight is 351 g/mol. The summed E-state index contributed by atoms with van der Waals surface area (Å²) in [5.74, 6) is 0.147. The minimum Gasteiger partial charge on any atom is -0.497 e. The summed E-state index contributed by atoms with van der Waals surface area (Å²) in [5.41, 5.74) is 9.45. The van der Waals surface area contributed by atoms with Crippen molar-refractivity contribution >= 4 is 27.5 Å². The lowest BCUT2D eigenvalue weighted by Crippen LogP contribution is -1.94. The van der Waals surface area contributed by atoms with E-state index in [1.54, 1.807) is 16.8 Å². The van der Waals surface area contributed by atoms with Gasteiger partial charge in [0.1, 0.15) is 11.6 Å². The molecule has 4 aromatic rings. The van der Waals surface area contributed by atoms with Gasteiger partial charge in [-0.1, -0.05) is 18.2 Å². The van der Waals surface area contributed by atoms with Gasteiger partial charge < -0.3 is 20.1 Å². The molecular formula is C20H18FN3O2. The molecule has 2 heterocycles. The van der Waals surface area contributed by atoms with E-state index in [1.807, 2.05) is 25.1 Å². The normalized spacial score (nSPS) is 11.3. The number of nitrogen functional groups attached to an aromatic ring is 1. The van der Waals surface area contributed by atoms with Crippen LogP contribution in [-0.2, 0) is 6.54 Å². The Labute approximate surface area is 149 Å². The molecule has 0 radical (unpaired) electrons. The van der Waals surface area contributed by atoms with Gasteiger partial charge in [0.05, 0.1) is 29.2 Å². The molecule has 5 nitrogen and oxygen atoms in total. The number of aromatic hydroxyl groups is 1. The number of para-hydroxylation sites is 1. The van der Waals surface area contributed by atoms with Crippen molar-refractivity contribution in [2.75, 3.05) is 12.8 Å². The molecule has 26 heavy (non-hydrogen) atoms. The lowest BCUT2D eigenvalue weighted by molar-refractivity contribution is 0.411. The van der Waals surface area contributed by atoms with E-state index in [2.05, 4.69) is 0 Å². The fourth-order valence-corrected chi connectivity index (χ4v) is 3.32. The van der Waals surface area contributed by atoms with Gasteiger partial charge >= 0.3 is 0 Å². The monoisotopic (exact) mass is 351 g/mol. The van der Waals surface area contributed by atoms with Gasteiger partial charge in [0.25, 0.3) is 0 Å². The molecule has 0 aliphatic heterocycles. The summed E-state index contributed by atoms with van der Waals surface area (Å²) in [6, 6.07) is 10.1. The Morgan fingerprint density at radius 3 is 2.81 bits per heavy atom. The third-order valence-electron chi connectivity index (χ3n) is 4.62. The van der Waals surface area contributed by atoms with Crippen LogP contribution in [0.1, 0.15) is 6.92 Å². The zero-order chi connectivity index (χ0) is 18.4. The molecule has 0 spiro atoms. The van der Waals surface area contributed by atoms with Crippen LogP contribution in [0.4, 0.5) is 10.1 Å². The van der Waals surface area contributed by atoms with Crippen LogP contribution < -0.4 is 10.5 Å². The first-order valence-corrected chi connectivity index (χ1v) is 8.28. The highest BCUT2D eigenvalue weighted by Gasteiger charge is 2.17. The van der Waals surface area contributed by atoms with Crippen LogP contribution in [-0.4, -0.2) is 21.8 Å². The van der Waals surface area contributed by atoms with E-state index in [0.29, 0.717) is 45.4 Å². The van der Waals surface area contributed by atoms with E-state index >= 15 is 0 Å². The van der Waals surface area contributed by atoms with E-state index in [1.165, 1.54) is 19.2 Å². The van der Waals surface area contributed by atoms with Crippen LogP contribution in [0.2, 0.25) is 0 Å². The summed E-state index contributed by atoms with van der Waals surface area (Å²) in [6.07, 6.45) is 1.77. The molecule has 3 N–H and O–H groups in total. The van der Waals surface area contributed by atoms with Gasteiger partial charge in [0.2, 0.25) is 5.88 Å². The Morgan fingerprint density at radius 2 is 2.08 bits per heavy atom. The molecule has 132 valence electrons. The van der Waals surface area contributed by atoms with Gasteiger partial charge in [-0.25, -0.2) is 9.37 Å². The second-order valence-electron chi connectivity index (χ2n) is 6.11. The smallest absolute Gasteiger partial charge is 0.202 e. The number of hydrogen-bond acceptors (Lipinski definition) is 4. The molecule has 4 rings (SSSR count). The SMILES string of the molecule is CCn1cc2nc3c(-c4cc(F)cc(OC)c4)cccc3c(N)c2c1O. The molecular weight excluding hydrogens is 333 g/mol. The fourth-order valence-electron chi connectivity index (χ4n) is 3.32. The van der Waals surface area contributed by atoms with Gasteiger partial charge in [-0.15, -0.1) is 0 Å². The fraction of sp³-hybridized carbons (Fsp3) is 0.150. The van der Waals surface area contributed by atoms with Crippen LogP contribution in [0.15, 0.2) is 42.6 Å². The first-order valence-electron chi connectivity index (χ1n) is 8.28. The van der Waals surface area contributed by atoms with Crippen molar-refractivity contribution in [1.82, 2.24) is 9.55 Å². The molecule has 0 bridgehead atoms. The van der Waals surface area contributed by atoms with Gasteiger partial charge in [0.15, 0.2) is 0 Å². The Balaban J connectivity index is 2.07. The second-order valence-corrected chi connectivity index (χ2v) is 6.11. The van der Waals surface area contributed by atoms with Crippen molar-refractivity contribution in [2.24, 2.45) is 0 Å². The molecule has 0 aliphatic rings. The van der Waals surface area contributed by atoms with Crippen LogP contribution >= 0.6 is 0 Å². The van der Waals surface area contributed by atoms with Crippen LogP contribution in [0, 0.1) is 5.82 Å². The number of benzene rings is 2. The Bertz CT molecular complexity index is 1150. The van der Waals surface area contributed by atoms with Crippen LogP contribution in [0.3, 0.4) is 0 Å². The number of fused-ring (bicyclic) bond motifs is 2. The predicted octanol–water partition coefficient (Wildman–Crippen LogP) is 4.31. The Hall–Kier alpha value is -3.28. The molecule has 2 aromatic heterocycles. The number of ether oxygens (including phenoxy) is 1. The van der Waals surface area contributed by atoms with Crippen molar-refractivity contribution in [3.8, 4) is 22.8 Å². The number of nitrogens with two attached hydrogens (primary N) is 1. The first-order chi connectivity index (χ1) is 12.5. The van der Waals surface area contributed by atoms with Crippen molar-refractivity contribution in [1.29, 1.82) is 0 Å². The maximum Gasteiger partial charge on any atom is 0.202 e. The molecule has 0 atom stereocenters. The number of rotatable bonds is 3. The minimum atomic E-state index is -0.389. The summed E-state index contributed by atoms with van der Waals surface area (Å²) in [7, 11) is 1.50. The van der Waals surface area contributed by atoms with Gasteiger partial charge in [0, 0.05) is 29.8 Å². The largest absolute Gasteiger partial charge is 0.497 e. The van der Waals surface area contributed by atoms with Crippen LogP contribution in [0.25, 0.3) is 32.9 Å². The molecule has 0 fully saturated rings. The highest BCUT2D eigenvalue weighted by Crippen LogP contribution is 2.39. The number of halogens is 1. The predicted molar refractivity (Wildman–Crippen MR) is 101 cm³/mol. The van der Waals surface area contributed by atoms with Crippen molar-refractivity contribution in [2.45, 2.75) is 13.5 Å². The summed E-state index contributed by atoms with van der Waals surface area (Å²) in [5, 5.41) is 11.6. The summed E-state index contributed by atoms with van der Waals surface area (Å²) in [6.45, 7) is 2.53. The Kier molecular flexibility index (Phi) is 3.68. The number of nitrogens with zero attached hydrogens (tertiary/aromatic N) is 2. The van der Waals surface area contributed by atoms with Crippen molar-refractivity contribution in [3.05, 3.63) is 48.4 Å². The lowest BCUT2D eigenvalue weighted by Gasteiger charge is -2.10. The number of anilines is 1. The number of hydrogen-bond donors (Lipinski definition) is 2. The summed E-state index contributed by atoms with van der Waals surface area (Å²) >= 11 is 0. The third-order valence-corrected chi connectivity index (χ3v) is 4.62. The topological polar surface area (TPSA) is 73.3 Å². The van der Waals surface area contributed by atoms with E-state index in [-0.39, 0.29) is 11.7 Å². The molecule has 0 saturated heterocycles. The second kappa shape index (κ2) is 5.91. The van der Waals surface area contributed by atoms with Crippen molar-refractivity contribution in [3.63, 3.8) is 0 Å². The van der Waals surface area contributed by atoms with Gasteiger partial charge in [-0.05, 0) is 24.6 Å². The number of methoxy groups -OCH3 is 1. The maximum atomic E-state index is 14.0. The molecule has 0 aliphatic carbocycles. The summed E-state index contributed by atoms with van der Waals surface area (Å²) in [4.78, 5) is 4.71. The molecule has 0 amide bonds. The average Bonchev–Trinajstić information content (AvgIpc) is 2.97. The standard InChI is InChI=1S/C20H18FN3O2/c1-3-24-10-16-17(20(24)25)18(22)15-6-4-5-14(19(15)23-16)11-7-12(21)9-13(8-11)26-2/h4-10,25H,3,22H2,1-2H3. The van der Waals surface area contributed by atoms with Gasteiger partial charge in [-0.3, -0.25) is 0 Å². The van der Waals surface area contributed by atoms with Crippen molar-refractivity contribution < 1.29 is 14.2 Å². The zero-order valence-electron chi connectivity index (χ0n) is 14.5. The quantitative estimate of drug-likeness (QED) is 0.577. The molecule has 0 unspecified atom stereocenters. The van der Waals surface area contributed by atoms with E-state index in [4.69, 9.17) is 15.5 Å². The number of pyridine rings is 1. The van der Waals surface area contributed by atoms with E-state index in [0.717, 1.165) is 5.56 Å². The zero-order valence-corrected chi connectivity index (χ0v) is 14.5. The maximum absolute atomic E-state index is 14.0. The van der Waals surface area contributed by atoms with E-state index < -0.39 is 0 Å². The highest BCUT2D eigenvalue weighted by atomic mass is 19.1. The number of aromatic nitrogens is 2.